The van der Waals surface area contributed by atoms with Gasteiger partial charge in [0.2, 0.25) is 0 Å². The first-order valence-electron chi connectivity index (χ1n) is 5.79. The molecule has 0 aliphatic carbocycles. The lowest BCUT2D eigenvalue weighted by molar-refractivity contribution is 0.0787. The van der Waals surface area contributed by atoms with Crippen LogP contribution < -0.4 is 5.73 Å². The van der Waals surface area contributed by atoms with Crippen molar-refractivity contribution in [2.75, 3.05) is 32.9 Å². The van der Waals surface area contributed by atoms with Crippen molar-refractivity contribution in [3.63, 3.8) is 0 Å². The largest absolute Gasteiger partial charge is 0.397 e. The number of rotatable bonds is 2. The van der Waals surface area contributed by atoms with Crippen LogP contribution in [0.5, 0.6) is 0 Å². The number of likely N-dealkylation sites (N-methyl/N-ethyl adjacent to an activating group) is 1. The first-order chi connectivity index (χ1) is 8.00. The third-order valence-corrected chi connectivity index (χ3v) is 4.33. The molecule has 1 fully saturated rings. The van der Waals surface area contributed by atoms with E-state index in [-0.39, 0.29) is 5.91 Å². The molecule has 1 saturated heterocycles. The van der Waals surface area contributed by atoms with E-state index in [1.54, 1.807) is 6.07 Å². The number of thiophene rings is 1. The maximum atomic E-state index is 12.3. The van der Waals surface area contributed by atoms with Gasteiger partial charge in [0.25, 0.3) is 5.91 Å². The lowest BCUT2D eigenvalue weighted by Crippen LogP contribution is -2.35. The molecule has 0 radical (unpaired) electrons. The molecule has 5 heteroatoms. The van der Waals surface area contributed by atoms with E-state index in [2.05, 4.69) is 25.9 Å². The summed E-state index contributed by atoms with van der Waals surface area (Å²) in [6, 6.07) is 2.24. The lowest BCUT2D eigenvalue weighted by Gasteiger charge is -2.22. The molecule has 0 aromatic carbocycles. The Balaban J connectivity index is 2.11. The zero-order valence-electron chi connectivity index (χ0n) is 10.5. The number of carbonyl (C=O) groups is 1. The van der Waals surface area contributed by atoms with Gasteiger partial charge in [0.05, 0.1) is 5.69 Å². The molecule has 2 rings (SSSR count). The van der Waals surface area contributed by atoms with Crippen molar-refractivity contribution in [3.05, 3.63) is 16.3 Å². The number of nitrogens with two attached hydrogens (primary N) is 1. The summed E-state index contributed by atoms with van der Waals surface area (Å²) in [6.45, 7) is 3.80. The molecular weight excluding hydrogens is 234 g/mol. The Bertz CT molecular complexity index is 416. The van der Waals surface area contributed by atoms with E-state index >= 15 is 0 Å². The van der Waals surface area contributed by atoms with Crippen molar-refractivity contribution < 1.29 is 4.79 Å². The van der Waals surface area contributed by atoms with Crippen molar-refractivity contribution >= 4 is 22.9 Å². The minimum atomic E-state index is 0.0775. The summed E-state index contributed by atoms with van der Waals surface area (Å²) < 4.78 is 0. The van der Waals surface area contributed by atoms with Crippen LogP contribution >= 0.6 is 11.3 Å². The summed E-state index contributed by atoms with van der Waals surface area (Å²) >= 11 is 1.43. The average molecular weight is 253 g/mol. The molecule has 2 atom stereocenters. The Morgan fingerprint density at radius 2 is 2.24 bits per heavy atom. The molecule has 4 nitrogen and oxygen atoms in total. The minimum absolute atomic E-state index is 0.0775. The van der Waals surface area contributed by atoms with Gasteiger partial charge in [-0.05, 0) is 31.5 Å². The monoisotopic (exact) mass is 253 g/mol. The summed E-state index contributed by atoms with van der Waals surface area (Å²) in [4.78, 5) is 17.1. The predicted octanol–water partition coefficient (Wildman–Crippen LogP) is 1.35. The van der Waals surface area contributed by atoms with Crippen molar-refractivity contribution in [3.8, 4) is 0 Å². The number of amides is 1. The molecule has 1 aliphatic rings. The second-order valence-corrected chi connectivity index (χ2v) is 5.84. The fourth-order valence-corrected chi connectivity index (χ4v) is 3.21. The highest BCUT2D eigenvalue weighted by molar-refractivity contribution is 7.12. The van der Waals surface area contributed by atoms with Gasteiger partial charge in [-0.1, -0.05) is 6.92 Å². The van der Waals surface area contributed by atoms with E-state index in [1.165, 1.54) is 11.3 Å². The summed E-state index contributed by atoms with van der Waals surface area (Å²) in [5.41, 5.74) is 6.39. The van der Waals surface area contributed by atoms with Crippen LogP contribution in [0.15, 0.2) is 11.4 Å². The van der Waals surface area contributed by atoms with Crippen molar-refractivity contribution in [1.29, 1.82) is 0 Å². The number of nitrogens with zero attached hydrogens (tertiary/aromatic N) is 2. The topological polar surface area (TPSA) is 49.6 Å². The molecule has 2 unspecified atom stereocenters. The minimum Gasteiger partial charge on any atom is -0.397 e. The van der Waals surface area contributed by atoms with Crippen LogP contribution in [0, 0.1) is 5.92 Å². The van der Waals surface area contributed by atoms with E-state index < -0.39 is 0 Å². The lowest BCUT2D eigenvalue weighted by atomic mass is 10.1. The standard InChI is InChI=1S/C12H19N3OS/c1-8-6-15(7-10(8)14(2)3)12(16)11-9(13)4-5-17-11/h4-5,8,10H,6-7,13H2,1-3H3. The van der Waals surface area contributed by atoms with Crippen LogP contribution in [0.25, 0.3) is 0 Å². The molecule has 2 N–H and O–H groups in total. The first-order valence-corrected chi connectivity index (χ1v) is 6.67. The van der Waals surface area contributed by atoms with Gasteiger partial charge < -0.3 is 15.5 Å². The summed E-state index contributed by atoms with van der Waals surface area (Å²) in [6.07, 6.45) is 0. The third-order valence-electron chi connectivity index (χ3n) is 3.41. The fourth-order valence-electron chi connectivity index (χ4n) is 2.42. The van der Waals surface area contributed by atoms with Gasteiger partial charge in [-0.2, -0.15) is 0 Å². The predicted molar refractivity (Wildman–Crippen MR) is 71.3 cm³/mol. The average Bonchev–Trinajstić information content (AvgIpc) is 2.83. The molecule has 0 bridgehead atoms. The van der Waals surface area contributed by atoms with E-state index in [0.29, 0.717) is 22.5 Å². The highest BCUT2D eigenvalue weighted by atomic mass is 32.1. The van der Waals surface area contributed by atoms with Crippen LogP contribution in [0.3, 0.4) is 0 Å². The molecule has 1 aromatic rings. The van der Waals surface area contributed by atoms with Gasteiger partial charge in [0.15, 0.2) is 0 Å². The zero-order chi connectivity index (χ0) is 12.6. The summed E-state index contributed by atoms with van der Waals surface area (Å²) in [5.74, 6) is 0.587. The highest BCUT2D eigenvalue weighted by Crippen LogP contribution is 2.26. The first kappa shape index (κ1) is 12.4. The van der Waals surface area contributed by atoms with Crippen molar-refractivity contribution in [2.24, 2.45) is 5.92 Å². The van der Waals surface area contributed by atoms with E-state index in [0.717, 1.165) is 13.1 Å². The van der Waals surface area contributed by atoms with Crippen LogP contribution in [0.4, 0.5) is 5.69 Å². The SMILES string of the molecule is CC1CN(C(=O)c2sccc2N)CC1N(C)C. The number of carbonyl (C=O) groups excluding carboxylic acids is 1. The smallest absolute Gasteiger partial charge is 0.266 e. The van der Waals surface area contributed by atoms with Crippen molar-refractivity contribution in [1.82, 2.24) is 9.80 Å². The molecule has 17 heavy (non-hydrogen) atoms. The number of hydrogen-bond acceptors (Lipinski definition) is 4. The van der Waals surface area contributed by atoms with Crippen LogP contribution in [0.2, 0.25) is 0 Å². The van der Waals surface area contributed by atoms with E-state index in [9.17, 15) is 4.79 Å². The molecule has 1 amide bonds. The van der Waals surface area contributed by atoms with Gasteiger partial charge in [-0.3, -0.25) is 4.79 Å². The highest BCUT2D eigenvalue weighted by Gasteiger charge is 2.34. The number of likely N-dealkylation sites (tertiary alicyclic amines) is 1. The normalized spacial score (nSPS) is 24.6. The molecule has 2 heterocycles. The van der Waals surface area contributed by atoms with Gasteiger partial charge >= 0.3 is 0 Å². The van der Waals surface area contributed by atoms with Gasteiger partial charge in [-0.15, -0.1) is 11.3 Å². The maximum Gasteiger partial charge on any atom is 0.266 e. The van der Waals surface area contributed by atoms with E-state index in [1.807, 2.05) is 10.3 Å². The van der Waals surface area contributed by atoms with Crippen LogP contribution in [-0.4, -0.2) is 48.9 Å². The second-order valence-electron chi connectivity index (χ2n) is 4.92. The number of nitrogen functional groups attached to an aromatic ring is 1. The molecule has 0 saturated carbocycles. The number of hydrogen-bond donors (Lipinski definition) is 1. The molecule has 94 valence electrons. The maximum absolute atomic E-state index is 12.3. The number of anilines is 1. The molecule has 0 spiro atoms. The Hall–Kier alpha value is -1.07. The Kier molecular flexibility index (Phi) is 3.40. The molecular formula is C12H19N3OS. The van der Waals surface area contributed by atoms with E-state index in [4.69, 9.17) is 5.73 Å². The van der Waals surface area contributed by atoms with Gasteiger partial charge in [0, 0.05) is 19.1 Å². The second kappa shape index (κ2) is 4.66. The molecule has 1 aromatic heterocycles. The Morgan fingerprint density at radius 3 is 2.71 bits per heavy atom. The Labute approximate surface area is 106 Å². The van der Waals surface area contributed by atoms with Crippen molar-refractivity contribution in [2.45, 2.75) is 13.0 Å². The van der Waals surface area contributed by atoms with Crippen LogP contribution in [-0.2, 0) is 0 Å². The van der Waals surface area contributed by atoms with Crippen LogP contribution in [0.1, 0.15) is 16.6 Å². The van der Waals surface area contributed by atoms with Gasteiger partial charge in [-0.25, -0.2) is 0 Å². The quantitative estimate of drug-likeness (QED) is 0.865. The summed E-state index contributed by atoms with van der Waals surface area (Å²) in [5, 5.41) is 1.87. The zero-order valence-corrected chi connectivity index (χ0v) is 11.3. The fraction of sp³-hybridized carbons (Fsp3) is 0.583. The summed E-state index contributed by atoms with van der Waals surface area (Å²) in [7, 11) is 4.13. The third kappa shape index (κ3) is 2.30. The molecule has 1 aliphatic heterocycles. The Morgan fingerprint density at radius 1 is 1.53 bits per heavy atom. The van der Waals surface area contributed by atoms with Gasteiger partial charge in [0.1, 0.15) is 4.88 Å².